The highest BCUT2D eigenvalue weighted by Crippen LogP contribution is 2.34. The molecule has 0 aliphatic carbocycles. The molecule has 0 bridgehead atoms. The SMILES string of the molecule is C=CCN(CCO)CCCOc1cc2ncnc(Nc3cnn(CC(=O)Nc4cccc(F)c4F)c3)c2cc1OC. The average Bonchev–Trinajstić information content (AvgIpc) is 3.39. The maximum atomic E-state index is 13.8. The zero-order chi connectivity index (χ0) is 29.2. The van der Waals surface area contributed by atoms with E-state index in [-0.39, 0.29) is 18.8 Å². The number of hydrogen-bond acceptors (Lipinski definition) is 9. The molecule has 11 nitrogen and oxygen atoms in total. The lowest BCUT2D eigenvalue weighted by Crippen LogP contribution is -2.29. The number of carbonyl (C=O) groups excluding carboxylic acids is 1. The third-order valence-corrected chi connectivity index (χ3v) is 6.03. The average molecular weight is 568 g/mol. The highest BCUT2D eigenvalue weighted by Gasteiger charge is 2.14. The number of aliphatic hydroxyl groups excluding tert-OH is 1. The van der Waals surface area contributed by atoms with Gasteiger partial charge in [-0.25, -0.2) is 18.7 Å². The summed E-state index contributed by atoms with van der Waals surface area (Å²) in [7, 11) is 1.54. The van der Waals surface area contributed by atoms with Crippen LogP contribution in [0.4, 0.5) is 26.0 Å². The Bertz CT molecular complexity index is 1500. The fraction of sp³-hybridized carbons (Fsp3) is 0.286. The molecule has 2 aromatic carbocycles. The van der Waals surface area contributed by atoms with Crippen LogP contribution >= 0.6 is 0 Å². The number of fused-ring (bicyclic) bond motifs is 1. The van der Waals surface area contributed by atoms with E-state index < -0.39 is 17.5 Å². The lowest BCUT2D eigenvalue weighted by molar-refractivity contribution is -0.116. The van der Waals surface area contributed by atoms with Gasteiger partial charge in [0.2, 0.25) is 5.91 Å². The van der Waals surface area contributed by atoms with Gasteiger partial charge >= 0.3 is 0 Å². The van der Waals surface area contributed by atoms with Crippen LogP contribution in [0, 0.1) is 11.6 Å². The Morgan fingerprint density at radius 2 is 2.07 bits per heavy atom. The minimum Gasteiger partial charge on any atom is -0.493 e. The van der Waals surface area contributed by atoms with Crippen molar-refractivity contribution < 1.29 is 28.2 Å². The molecule has 0 saturated carbocycles. The first-order chi connectivity index (χ1) is 19.9. The summed E-state index contributed by atoms with van der Waals surface area (Å²) < 4.78 is 40.1. The molecule has 0 fully saturated rings. The van der Waals surface area contributed by atoms with E-state index in [0.717, 1.165) is 19.0 Å². The minimum absolute atomic E-state index is 0.0805. The van der Waals surface area contributed by atoms with E-state index in [0.29, 0.717) is 53.6 Å². The maximum absolute atomic E-state index is 13.8. The van der Waals surface area contributed by atoms with Crippen molar-refractivity contribution in [1.29, 1.82) is 0 Å². The molecule has 0 unspecified atom stereocenters. The van der Waals surface area contributed by atoms with Crippen molar-refractivity contribution in [1.82, 2.24) is 24.6 Å². The van der Waals surface area contributed by atoms with Gasteiger partial charge in [0.1, 0.15) is 18.7 Å². The molecular weight excluding hydrogens is 536 g/mol. The number of nitrogens with zero attached hydrogens (tertiary/aromatic N) is 5. The first kappa shape index (κ1) is 29.4. The van der Waals surface area contributed by atoms with Gasteiger partial charge in [0.25, 0.3) is 0 Å². The largest absolute Gasteiger partial charge is 0.493 e. The molecule has 2 heterocycles. The van der Waals surface area contributed by atoms with Crippen LogP contribution in [-0.2, 0) is 11.3 Å². The number of halogens is 2. The number of aliphatic hydroxyl groups is 1. The van der Waals surface area contributed by atoms with Crippen molar-refractivity contribution in [3.05, 3.63) is 73.3 Å². The van der Waals surface area contributed by atoms with Gasteiger partial charge in [-0.3, -0.25) is 14.4 Å². The minimum atomic E-state index is -1.13. The van der Waals surface area contributed by atoms with Crippen molar-refractivity contribution in [3.63, 3.8) is 0 Å². The molecule has 0 atom stereocenters. The predicted octanol–water partition coefficient (Wildman–Crippen LogP) is 3.74. The second-order valence-electron chi connectivity index (χ2n) is 8.96. The molecule has 0 radical (unpaired) electrons. The molecule has 216 valence electrons. The zero-order valence-corrected chi connectivity index (χ0v) is 22.5. The number of rotatable bonds is 15. The van der Waals surface area contributed by atoms with Crippen molar-refractivity contribution in [3.8, 4) is 11.5 Å². The fourth-order valence-electron chi connectivity index (χ4n) is 4.11. The fourth-order valence-corrected chi connectivity index (χ4v) is 4.11. The molecule has 2 aromatic heterocycles. The van der Waals surface area contributed by atoms with Gasteiger partial charge < -0.3 is 25.2 Å². The summed E-state index contributed by atoms with van der Waals surface area (Å²) in [6.07, 6.45) is 7.04. The van der Waals surface area contributed by atoms with Crippen molar-refractivity contribution >= 4 is 34.0 Å². The summed E-state index contributed by atoms with van der Waals surface area (Å²) in [5.74, 6) is -1.23. The molecule has 0 aliphatic heterocycles. The smallest absolute Gasteiger partial charge is 0.246 e. The van der Waals surface area contributed by atoms with Crippen LogP contribution in [0.5, 0.6) is 11.5 Å². The molecule has 4 aromatic rings. The standard InChI is InChI=1S/C28H31F2N7O4/c1-3-8-36(10-11-38)9-5-12-41-25-14-23-20(13-24(25)40-2)28(32-18-31-23)34-19-15-33-37(16-19)17-26(39)35-22-7-4-6-21(29)27(22)30/h3-4,6-7,13-16,18,38H,1,5,8-12,17H2,2H3,(H,35,39)(H,31,32,34). The Morgan fingerprint density at radius 1 is 1.22 bits per heavy atom. The van der Waals surface area contributed by atoms with Crippen LogP contribution in [0.15, 0.2) is 61.7 Å². The van der Waals surface area contributed by atoms with Crippen LogP contribution in [0.25, 0.3) is 10.9 Å². The van der Waals surface area contributed by atoms with Crippen molar-refractivity contribution in [2.75, 3.05) is 50.6 Å². The number of benzene rings is 2. The lowest BCUT2D eigenvalue weighted by atomic mass is 10.2. The number of ether oxygens (including phenoxy) is 2. The summed E-state index contributed by atoms with van der Waals surface area (Å²) >= 11 is 0. The van der Waals surface area contributed by atoms with E-state index in [1.165, 1.54) is 29.3 Å². The van der Waals surface area contributed by atoms with E-state index in [1.807, 2.05) is 0 Å². The van der Waals surface area contributed by atoms with Gasteiger partial charge in [-0.15, -0.1) is 6.58 Å². The van der Waals surface area contributed by atoms with Gasteiger partial charge in [-0.05, 0) is 24.6 Å². The molecule has 13 heteroatoms. The number of carbonyl (C=O) groups is 1. The molecule has 4 rings (SSSR count). The topological polar surface area (TPSA) is 127 Å². The number of aromatic nitrogens is 4. The summed E-state index contributed by atoms with van der Waals surface area (Å²) in [5.41, 5.74) is 0.915. The third-order valence-electron chi connectivity index (χ3n) is 6.03. The Hall–Kier alpha value is -4.62. The summed E-state index contributed by atoms with van der Waals surface area (Å²) in [6, 6.07) is 7.09. The van der Waals surface area contributed by atoms with Crippen LogP contribution < -0.4 is 20.1 Å². The summed E-state index contributed by atoms with van der Waals surface area (Å²) in [6.45, 7) is 6.05. The monoisotopic (exact) mass is 567 g/mol. The molecule has 1 amide bonds. The third kappa shape index (κ3) is 7.74. The Kier molecular flexibility index (Phi) is 10.1. The lowest BCUT2D eigenvalue weighted by Gasteiger charge is -2.19. The molecule has 3 N–H and O–H groups in total. The first-order valence-corrected chi connectivity index (χ1v) is 12.8. The second kappa shape index (κ2) is 14.1. The zero-order valence-electron chi connectivity index (χ0n) is 22.5. The van der Waals surface area contributed by atoms with Crippen LogP contribution in [-0.4, -0.2) is 75.6 Å². The van der Waals surface area contributed by atoms with Gasteiger partial charge in [-0.2, -0.15) is 5.10 Å². The van der Waals surface area contributed by atoms with Gasteiger partial charge in [0.15, 0.2) is 23.1 Å². The second-order valence-corrected chi connectivity index (χ2v) is 8.96. The Morgan fingerprint density at radius 3 is 2.85 bits per heavy atom. The number of amides is 1. The molecule has 41 heavy (non-hydrogen) atoms. The summed E-state index contributed by atoms with van der Waals surface area (Å²) in [4.78, 5) is 23.1. The van der Waals surface area contributed by atoms with Gasteiger partial charge in [0.05, 0.1) is 43.4 Å². The summed E-state index contributed by atoms with van der Waals surface area (Å²) in [5, 5.41) is 19.5. The number of methoxy groups -OCH3 is 1. The quantitative estimate of drug-likeness (QED) is 0.145. The highest BCUT2D eigenvalue weighted by atomic mass is 19.2. The predicted molar refractivity (Wildman–Crippen MR) is 150 cm³/mol. The first-order valence-electron chi connectivity index (χ1n) is 12.8. The highest BCUT2D eigenvalue weighted by molar-refractivity contribution is 5.93. The maximum Gasteiger partial charge on any atom is 0.246 e. The number of hydrogen-bond donors (Lipinski definition) is 3. The Balaban J connectivity index is 1.41. The number of nitrogens with one attached hydrogen (secondary N) is 2. The van der Waals surface area contributed by atoms with E-state index in [1.54, 1.807) is 31.5 Å². The van der Waals surface area contributed by atoms with Crippen molar-refractivity contribution in [2.24, 2.45) is 0 Å². The van der Waals surface area contributed by atoms with Gasteiger partial charge in [0, 0.05) is 37.3 Å². The van der Waals surface area contributed by atoms with Crippen LogP contribution in [0.3, 0.4) is 0 Å². The number of anilines is 3. The Labute approximate surface area is 235 Å². The van der Waals surface area contributed by atoms with E-state index in [4.69, 9.17) is 9.47 Å². The normalized spacial score (nSPS) is 11.0. The van der Waals surface area contributed by atoms with E-state index in [9.17, 15) is 18.7 Å². The van der Waals surface area contributed by atoms with Crippen LogP contribution in [0.1, 0.15) is 6.42 Å². The molecule has 0 saturated heterocycles. The van der Waals surface area contributed by atoms with E-state index >= 15 is 0 Å². The molecular formula is C28H31F2N7O4. The van der Waals surface area contributed by atoms with Crippen molar-refractivity contribution in [2.45, 2.75) is 13.0 Å². The van der Waals surface area contributed by atoms with E-state index in [2.05, 4.69) is 37.2 Å². The molecule has 0 spiro atoms. The van der Waals surface area contributed by atoms with Gasteiger partial charge in [-0.1, -0.05) is 12.1 Å². The van der Waals surface area contributed by atoms with Crippen LogP contribution in [0.2, 0.25) is 0 Å². The molecule has 0 aliphatic rings.